The average molecular weight is 258 g/mol. The Bertz CT molecular complexity index is 447. The zero-order valence-electron chi connectivity index (χ0n) is 9.00. The molecule has 1 aromatic rings. The summed E-state index contributed by atoms with van der Waals surface area (Å²) in [5, 5.41) is 2.96. The Morgan fingerprint density at radius 2 is 2.29 bits per heavy atom. The van der Waals surface area contributed by atoms with Crippen LogP contribution in [0.1, 0.15) is 5.56 Å². The SMILES string of the molecule is NC(=O)C1(Cc2cccc(F)c2F)NCCS1. The van der Waals surface area contributed by atoms with Crippen LogP contribution in [-0.2, 0) is 11.2 Å². The van der Waals surface area contributed by atoms with Crippen molar-refractivity contribution in [1.82, 2.24) is 5.32 Å². The van der Waals surface area contributed by atoms with Crippen LogP contribution in [0.3, 0.4) is 0 Å². The van der Waals surface area contributed by atoms with Crippen molar-refractivity contribution < 1.29 is 13.6 Å². The summed E-state index contributed by atoms with van der Waals surface area (Å²) in [5.41, 5.74) is 5.49. The van der Waals surface area contributed by atoms with Crippen molar-refractivity contribution in [2.24, 2.45) is 5.73 Å². The minimum atomic E-state index is -1.02. The van der Waals surface area contributed by atoms with E-state index in [0.717, 1.165) is 11.8 Å². The van der Waals surface area contributed by atoms with Gasteiger partial charge in [0.2, 0.25) is 5.91 Å². The third-order valence-electron chi connectivity index (χ3n) is 2.73. The van der Waals surface area contributed by atoms with Gasteiger partial charge >= 0.3 is 0 Å². The van der Waals surface area contributed by atoms with E-state index in [4.69, 9.17) is 5.73 Å². The molecule has 1 aromatic carbocycles. The van der Waals surface area contributed by atoms with E-state index >= 15 is 0 Å². The molecule has 1 aliphatic rings. The van der Waals surface area contributed by atoms with E-state index in [1.807, 2.05) is 0 Å². The van der Waals surface area contributed by atoms with Gasteiger partial charge in [0, 0.05) is 18.7 Å². The van der Waals surface area contributed by atoms with Crippen molar-refractivity contribution >= 4 is 17.7 Å². The molecule has 0 saturated carbocycles. The van der Waals surface area contributed by atoms with E-state index in [0.29, 0.717) is 6.54 Å². The van der Waals surface area contributed by atoms with Gasteiger partial charge in [-0.15, -0.1) is 11.8 Å². The fourth-order valence-electron chi connectivity index (χ4n) is 1.84. The molecule has 6 heteroatoms. The maximum Gasteiger partial charge on any atom is 0.248 e. The molecule has 0 spiro atoms. The Kier molecular flexibility index (Phi) is 3.35. The Labute approximate surface area is 102 Å². The minimum Gasteiger partial charge on any atom is -0.367 e. The zero-order chi connectivity index (χ0) is 12.5. The molecule has 0 aromatic heterocycles. The predicted molar refractivity (Wildman–Crippen MR) is 62.4 cm³/mol. The lowest BCUT2D eigenvalue weighted by molar-refractivity contribution is -0.120. The number of benzene rings is 1. The number of rotatable bonds is 3. The minimum absolute atomic E-state index is 0.0522. The first-order valence-electron chi connectivity index (χ1n) is 5.17. The van der Waals surface area contributed by atoms with E-state index in [-0.39, 0.29) is 12.0 Å². The van der Waals surface area contributed by atoms with Crippen molar-refractivity contribution in [2.75, 3.05) is 12.3 Å². The van der Waals surface area contributed by atoms with Crippen molar-refractivity contribution in [3.05, 3.63) is 35.4 Å². The first-order chi connectivity index (χ1) is 8.05. The smallest absolute Gasteiger partial charge is 0.248 e. The van der Waals surface area contributed by atoms with Crippen molar-refractivity contribution in [3.63, 3.8) is 0 Å². The summed E-state index contributed by atoms with van der Waals surface area (Å²) in [5.74, 6) is -1.66. The molecule has 17 heavy (non-hydrogen) atoms. The molecule has 3 N–H and O–H groups in total. The number of carbonyl (C=O) groups is 1. The van der Waals surface area contributed by atoms with E-state index in [1.165, 1.54) is 23.9 Å². The number of primary amides is 1. The molecular weight excluding hydrogens is 246 g/mol. The second-order valence-electron chi connectivity index (χ2n) is 3.86. The number of halogens is 2. The van der Waals surface area contributed by atoms with Gasteiger partial charge in [-0.3, -0.25) is 10.1 Å². The molecule has 1 atom stereocenters. The number of nitrogens with one attached hydrogen (secondary N) is 1. The summed E-state index contributed by atoms with van der Waals surface area (Å²) in [4.78, 5) is 10.4. The number of nitrogens with two attached hydrogens (primary N) is 1. The van der Waals surface area contributed by atoms with Crippen LogP contribution in [0.2, 0.25) is 0 Å². The molecule has 2 rings (SSSR count). The highest BCUT2D eigenvalue weighted by Crippen LogP contribution is 2.31. The maximum absolute atomic E-state index is 13.5. The fourth-order valence-corrected chi connectivity index (χ4v) is 3.00. The van der Waals surface area contributed by atoms with Gasteiger partial charge in [-0.1, -0.05) is 12.1 Å². The van der Waals surface area contributed by atoms with Gasteiger partial charge in [0.1, 0.15) is 4.87 Å². The number of hydrogen-bond acceptors (Lipinski definition) is 3. The van der Waals surface area contributed by atoms with Crippen molar-refractivity contribution in [1.29, 1.82) is 0 Å². The summed E-state index contributed by atoms with van der Waals surface area (Å²) >= 11 is 1.33. The van der Waals surface area contributed by atoms with Crippen LogP contribution in [0, 0.1) is 11.6 Å². The summed E-state index contributed by atoms with van der Waals surface area (Å²) in [6, 6.07) is 3.93. The lowest BCUT2D eigenvalue weighted by atomic mass is 10.0. The second kappa shape index (κ2) is 4.62. The van der Waals surface area contributed by atoms with Gasteiger partial charge in [-0.25, -0.2) is 8.78 Å². The maximum atomic E-state index is 13.5. The normalized spacial score (nSPS) is 23.9. The fraction of sp³-hybridized carbons (Fsp3) is 0.364. The molecule has 3 nitrogen and oxygen atoms in total. The lowest BCUT2D eigenvalue weighted by Gasteiger charge is -2.25. The Morgan fingerprint density at radius 3 is 2.88 bits per heavy atom. The number of hydrogen-bond donors (Lipinski definition) is 2. The largest absolute Gasteiger partial charge is 0.367 e. The molecule has 92 valence electrons. The van der Waals surface area contributed by atoms with E-state index in [2.05, 4.69) is 5.32 Å². The van der Waals surface area contributed by atoms with Gasteiger partial charge in [0.15, 0.2) is 11.6 Å². The van der Waals surface area contributed by atoms with Crippen molar-refractivity contribution in [2.45, 2.75) is 11.3 Å². The Balaban J connectivity index is 2.30. The summed E-state index contributed by atoms with van der Waals surface area (Å²) in [6.45, 7) is 0.630. The van der Waals surface area contributed by atoms with Crippen LogP contribution in [0.15, 0.2) is 18.2 Å². The third-order valence-corrected chi connectivity index (χ3v) is 4.12. The standard InChI is InChI=1S/C11H12F2N2OS/c12-8-3-1-2-7(9(8)13)6-11(10(14)16)15-4-5-17-11/h1-3,15H,4-6H2,(H2,14,16). The first kappa shape index (κ1) is 12.3. The summed E-state index contributed by atoms with van der Waals surface area (Å²) in [6.07, 6.45) is 0.0522. The van der Waals surface area contributed by atoms with Gasteiger partial charge in [0.25, 0.3) is 0 Å². The molecule has 0 radical (unpaired) electrons. The zero-order valence-corrected chi connectivity index (χ0v) is 9.82. The molecule has 1 aliphatic heterocycles. The molecule has 1 fully saturated rings. The Hall–Kier alpha value is -1.14. The third kappa shape index (κ3) is 2.28. The topological polar surface area (TPSA) is 55.1 Å². The van der Waals surface area contributed by atoms with Crippen LogP contribution in [-0.4, -0.2) is 23.1 Å². The van der Waals surface area contributed by atoms with Crippen LogP contribution < -0.4 is 11.1 Å². The highest BCUT2D eigenvalue weighted by atomic mass is 32.2. The van der Waals surface area contributed by atoms with Gasteiger partial charge < -0.3 is 5.73 Å². The lowest BCUT2D eigenvalue weighted by Crippen LogP contribution is -2.51. The molecule has 0 aliphatic carbocycles. The predicted octanol–water partition coefficient (Wildman–Crippen LogP) is 1.03. The van der Waals surface area contributed by atoms with Crippen LogP contribution in [0.5, 0.6) is 0 Å². The highest BCUT2D eigenvalue weighted by Gasteiger charge is 2.41. The highest BCUT2D eigenvalue weighted by molar-refractivity contribution is 8.01. The van der Waals surface area contributed by atoms with Crippen molar-refractivity contribution in [3.8, 4) is 0 Å². The average Bonchev–Trinajstić information content (AvgIpc) is 2.75. The van der Waals surface area contributed by atoms with Crippen LogP contribution >= 0.6 is 11.8 Å². The van der Waals surface area contributed by atoms with Gasteiger partial charge in [-0.05, 0) is 11.6 Å². The monoisotopic (exact) mass is 258 g/mol. The number of carbonyl (C=O) groups excluding carboxylic acids is 1. The molecule has 1 saturated heterocycles. The number of amides is 1. The molecule has 1 heterocycles. The summed E-state index contributed by atoms with van der Waals surface area (Å²) in [7, 11) is 0. The second-order valence-corrected chi connectivity index (χ2v) is 5.25. The quantitative estimate of drug-likeness (QED) is 0.851. The van der Waals surface area contributed by atoms with E-state index in [1.54, 1.807) is 0 Å². The van der Waals surface area contributed by atoms with E-state index < -0.39 is 22.4 Å². The van der Waals surface area contributed by atoms with Crippen LogP contribution in [0.4, 0.5) is 8.78 Å². The van der Waals surface area contributed by atoms with Gasteiger partial charge in [0.05, 0.1) is 0 Å². The summed E-state index contributed by atoms with van der Waals surface area (Å²) < 4.78 is 26.6. The van der Waals surface area contributed by atoms with Crippen LogP contribution in [0.25, 0.3) is 0 Å². The molecule has 1 unspecified atom stereocenters. The molecule has 1 amide bonds. The van der Waals surface area contributed by atoms with E-state index in [9.17, 15) is 13.6 Å². The van der Waals surface area contributed by atoms with Gasteiger partial charge in [-0.2, -0.15) is 0 Å². The first-order valence-corrected chi connectivity index (χ1v) is 6.15. The number of thioether (sulfide) groups is 1. The molecular formula is C11H12F2N2OS. The molecule has 0 bridgehead atoms. The Morgan fingerprint density at radius 1 is 1.53 bits per heavy atom.